The minimum atomic E-state index is 0.0871. The third kappa shape index (κ3) is 3.36. The summed E-state index contributed by atoms with van der Waals surface area (Å²) in [7, 11) is 3.75. The smallest absolute Gasteiger partial charge is 0.180 e. The average Bonchev–Trinajstić information content (AvgIpc) is 2.18. The summed E-state index contributed by atoms with van der Waals surface area (Å²) in [6.45, 7) is 2.89. The molecule has 0 aliphatic heterocycles. The topological polar surface area (TPSA) is 29.5 Å². The van der Waals surface area contributed by atoms with Crippen molar-refractivity contribution in [2.75, 3.05) is 27.2 Å². The van der Waals surface area contributed by atoms with Crippen LogP contribution in [0.1, 0.15) is 17.3 Å². The number of hydrogen-bond acceptors (Lipinski definition) is 3. The Bertz CT molecular complexity index is 334. The zero-order chi connectivity index (χ0) is 11.3. The molecule has 1 aromatic rings. The third-order valence-electron chi connectivity index (χ3n) is 1.95. The van der Waals surface area contributed by atoms with Crippen LogP contribution in [0.2, 0.25) is 0 Å². The van der Waals surface area contributed by atoms with Crippen LogP contribution in [0.25, 0.3) is 0 Å². The molecule has 0 N–H and O–H groups in total. The number of likely N-dealkylation sites (N-methyl/N-ethyl adjacent to an activating group) is 1. The van der Waals surface area contributed by atoms with E-state index in [1.54, 1.807) is 6.07 Å². The van der Waals surface area contributed by atoms with Gasteiger partial charge in [-0.05, 0) is 33.2 Å². The standard InChI is InChI=1S/C12H17NO2/c1-4-15-12-8-6-5-7-10(12)11(14)9-13(2)3/h5-8H,4,9H2,1-3H3. The zero-order valence-electron chi connectivity index (χ0n) is 9.49. The van der Waals surface area contributed by atoms with Gasteiger partial charge >= 0.3 is 0 Å². The molecular weight excluding hydrogens is 190 g/mol. The van der Waals surface area contributed by atoms with Crippen molar-refractivity contribution < 1.29 is 9.53 Å². The van der Waals surface area contributed by atoms with Crippen LogP contribution in [-0.2, 0) is 0 Å². The van der Waals surface area contributed by atoms with E-state index in [2.05, 4.69) is 0 Å². The summed E-state index contributed by atoms with van der Waals surface area (Å²) in [5, 5.41) is 0. The fourth-order valence-electron chi connectivity index (χ4n) is 1.35. The first kappa shape index (κ1) is 11.7. The first-order chi connectivity index (χ1) is 7.15. The lowest BCUT2D eigenvalue weighted by Gasteiger charge is -2.11. The fraction of sp³-hybridized carbons (Fsp3) is 0.417. The van der Waals surface area contributed by atoms with Crippen LogP contribution in [0.3, 0.4) is 0 Å². The number of ether oxygens (including phenoxy) is 1. The Morgan fingerprint density at radius 2 is 2.00 bits per heavy atom. The number of Topliss-reactive ketones (excluding diaryl/α,β-unsaturated/α-hetero) is 1. The molecule has 15 heavy (non-hydrogen) atoms. The van der Waals surface area contributed by atoms with Gasteiger partial charge in [-0.2, -0.15) is 0 Å². The fourth-order valence-corrected chi connectivity index (χ4v) is 1.35. The molecule has 0 bridgehead atoms. The molecular formula is C12H17NO2. The number of nitrogens with zero attached hydrogens (tertiary/aromatic N) is 1. The van der Waals surface area contributed by atoms with Gasteiger partial charge < -0.3 is 9.64 Å². The van der Waals surface area contributed by atoms with Crippen molar-refractivity contribution >= 4 is 5.78 Å². The van der Waals surface area contributed by atoms with E-state index >= 15 is 0 Å². The second-order valence-corrected chi connectivity index (χ2v) is 3.59. The van der Waals surface area contributed by atoms with E-state index < -0.39 is 0 Å². The van der Waals surface area contributed by atoms with E-state index in [0.29, 0.717) is 24.5 Å². The average molecular weight is 207 g/mol. The molecule has 0 aliphatic rings. The Kier molecular flexibility index (Phi) is 4.31. The van der Waals surface area contributed by atoms with E-state index in [1.807, 2.05) is 44.1 Å². The molecule has 0 aliphatic carbocycles. The number of hydrogen-bond donors (Lipinski definition) is 0. The van der Waals surface area contributed by atoms with E-state index in [0.717, 1.165) is 0 Å². The highest BCUT2D eigenvalue weighted by Crippen LogP contribution is 2.18. The minimum Gasteiger partial charge on any atom is -0.493 e. The zero-order valence-corrected chi connectivity index (χ0v) is 9.49. The molecule has 0 saturated heterocycles. The number of carbonyl (C=O) groups is 1. The first-order valence-corrected chi connectivity index (χ1v) is 5.05. The molecule has 0 unspecified atom stereocenters. The van der Waals surface area contributed by atoms with Gasteiger partial charge in [-0.1, -0.05) is 12.1 Å². The van der Waals surface area contributed by atoms with Crippen molar-refractivity contribution in [3.63, 3.8) is 0 Å². The molecule has 3 nitrogen and oxygen atoms in total. The number of benzene rings is 1. The second-order valence-electron chi connectivity index (χ2n) is 3.59. The van der Waals surface area contributed by atoms with E-state index in [9.17, 15) is 4.79 Å². The first-order valence-electron chi connectivity index (χ1n) is 5.05. The van der Waals surface area contributed by atoms with Crippen LogP contribution in [-0.4, -0.2) is 37.9 Å². The van der Waals surface area contributed by atoms with Crippen molar-refractivity contribution in [2.24, 2.45) is 0 Å². The molecule has 0 aromatic heterocycles. The quantitative estimate of drug-likeness (QED) is 0.690. The normalized spacial score (nSPS) is 10.4. The number of para-hydroxylation sites is 1. The van der Waals surface area contributed by atoms with E-state index in [-0.39, 0.29) is 5.78 Å². The second kappa shape index (κ2) is 5.51. The van der Waals surface area contributed by atoms with Gasteiger partial charge in [0.15, 0.2) is 5.78 Å². The number of carbonyl (C=O) groups excluding carboxylic acids is 1. The van der Waals surface area contributed by atoms with Gasteiger partial charge in [0.2, 0.25) is 0 Å². The molecule has 82 valence electrons. The van der Waals surface area contributed by atoms with Gasteiger partial charge in [0.1, 0.15) is 5.75 Å². The Morgan fingerprint density at radius 3 is 2.60 bits per heavy atom. The summed E-state index contributed by atoms with van der Waals surface area (Å²) in [4.78, 5) is 13.7. The highest BCUT2D eigenvalue weighted by Gasteiger charge is 2.11. The third-order valence-corrected chi connectivity index (χ3v) is 1.95. The van der Waals surface area contributed by atoms with Gasteiger partial charge in [-0.25, -0.2) is 0 Å². The van der Waals surface area contributed by atoms with E-state index in [1.165, 1.54) is 0 Å². The molecule has 1 rings (SSSR count). The van der Waals surface area contributed by atoms with Gasteiger partial charge in [-0.3, -0.25) is 4.79 Å². The Balaban J connectivity index is 2.87. The summed E-state index contributed by atoms with van der Waals surface area (Å²) < 4.78 is 5.40. The Hall–Kier alpha value is -1.35. The molecule has 0 spiro atoms. The largest absolute Gasteiger partial charge is 0.493 e. The van der Waals surface area contributed by atoms with Crippen molar-refractivity contribution in [1.82, 2.24) is 4.90 Å². The number of rotatable bonds is 5. The Labute approximate surface area is 90.7 Å². The highest BCUT2D eigenvalue weighted by molar-refractivity contribution is 6.00. The Morgan fingerprint density at radius 1 is 1.33 bits per heavy atom. The summed E-state index contributed by atoms with van der Waals surface area (Å²) >= 11 is 0. The molecule has 0 radical (unpaired) electrons. The summed E-state index contributed by atoms with van der Waals surface area (Å²) in [5.74, 6) is 0.760. The lowest BCUT2D eigenvalue weighted by atomic mass is 10.1. The van der Waals surface area contributed by atoms with Crippen molar-refractivity contribution in [1.29, 1.82) is 0 Å². The highest BCUT2D eigenvalue weighted by atomic mass is 16.5. The summed E-state index contributed by atoms with van der Waals surface area (Å²) in [5.41, 5.74) is 0.660. The minimum absolute atomic E-state index is 0.0871. The molecule has 0 heterocycles. The molecule has 1 aromatic carbocycles. The predicted molar refractivity (Wildman–Crippen MR) is 60.5 cm³/mol. The lowest BCUT2D eigenvalue weighted by molar-refractivity contribution is 0.0954. The van der Waals surface area contributed by atoms with Crippen LogP contribution in [0.5, 0.6) is 5.75 Å². The predicted octanol–water partition coefficient (Wildman–Crippen LogP) is 1.83. The van der Waals surface area contributed by atoms with Gasteiger partial charge in [0.25, 0.3) is 0 Å². The lowest BCUT2D eigenvalue weighted by Crippen LogP contribution is -2.22. The molecule has 3 heteroatoms. The van der Waals surface area contributed by atoms with Crippen molar-refractivity contribution in [2.45, 2.75) is 6.92 Å². The molecule has 0 saturated carbocycles. The van der Waals surface area contributed by atoms with Gasteiger partial charge in [0, 0.05) is 0 Å². The molecule has 0 fully saturated rings. The maximum atomic E-state index is 11.8. The van der Waals surface area contributed by atoms with Crippen LogP contribution in [0.15, 0.2) is 24.3 Å². The van der Waals surface area contributed by atoms with Gasteiger partial charge in [-0.15, -0.1) is 0 Å². The van der Waals surface area contributed by atoms with Crippen LogP contribution in [0.4, 0.5) is 0 Å². The van der Waals surface area contributed by atoms with Crippen molar-refractivity contribution in [3.05, 3.63) is 29.8 Å². The van der Waals surface area contributed by atoms with E-state index in [4.69, 9.17) is 4.74 Å². The summed E-state index contributed by atoms with van der Waals surface area (Å²) in [6.07, 6.45) is 0. The van der Waals surface area contributed by atoms with Crippen LogP contribution < -0.4 is 4.74 Å². The number of ketones is 1. The molecule has 0 amide bonds. The maximum absolute atomic E-state index is 11.8. The van der Waals surface area contributed by atoms with Crippen LogP contribution in [0, 0.1) is 0 Å². The summed E-state index contributed by atoms with van der Waals surface area (Å²) in [6, 6.07) is 7.35. The molecule has 0 atom stereocenters. The van der Waals surface area contributed by atoms with Crippen LogP contribution >= 0.6 is 0 Å². The van der Waals surface area contributed by atoms with Gasteiger partial charge in [0.05, 0.1) is 18.7 Å². The SMILES string of the molecule is CCOc1ccccc1C(=O)CN(C)C. The monoisotopic (exact) mass is 207 g/mol. The van der Waals surface area contributed by atoms with Crippen molar-refractivity contribution in [3.8, 4) is 5.75 Å². The maximum Gasteiger partial charge on any atom is 0.180 e.